The first-order valence-corrected chi connectivity index (χ1v) is 9.94. The Labute approximate surface area is 167 Å². The Morgan fingerprint density at radius 3 is 2.86 bits per heavy atom. The van der Waals surface area contributed by atoms with Crippen LogP contribution in [0, 0.1) is 0 Å². The maximum Gasteiger partial charge on any atom is 0.274 e. The molecule has 0 aliphatic carbocycles. The summed E-state index contributed by atoms with van der Waals surface area (Å²) >= 11 is 1.32. The molecule has 0 aromatic carbocycles. The lowest BCUT2D eigenvalue weighted by Crippen LogP contribution is -2.53. The molecule has 1 fully saturated rings. The van der Waals surface area contributed by atoms with E-state index in [2.05, 4.69) is 20.5 Å². The van der Waals surface area contributed by atoms with Crippen LogP contribution in [0.1, 0.15) is 47.4 Å². The molecule has 3 N–H and O–H groups in total. The maximum absolute atomic E-state index is 12.9. The fraction of sp³-hybridized carbons (Fsp3) is 0.556. The van der Waals surface area contributed by atoms with Crippen LogP contribution in [0.3, 0.4) is 0 Å². The van der Waals surface area contributed by atoms with Gasteiger partial charge in [0.2, 0.25) is 0 Å². The summed E-state index contributed by atoms with van der Waals surface area (Å²) in [6, 6.07) is 1.73. The van der Waals surface area contributed by atoms with Crippen molar-refractivity contribution in [3.05, 3.63) is 34.0 Å². The second kappa shape index (κ2) is 7.98. The highest BCUT2D eigenvalue weighted by atomic mass is 32.1. The summed E-state index contributed by atoms with van der Waals surface area (Å²) in [6.07, 6.45) is 0. The van der Waals surface area contributed by atoms with Crippen LogP contribution in [0.5, 0.6) is 0 Å². The molecular formula is C18H25N5O4S. The van der Waals surface area contributed by atoms with Gasteiger partial charge in [0.25, 0.3) is 11.8 Å². The summed E-state index contributed by atoms with van der Waals surface area (Å²) < 4.78 is 5.47. The van der Waals surface area contributed by atoms with Crippen molar-refractivity contribution in [3.8, 4) is 0 Å². The van der Waals surface area contributed by atoms with Crippen molar-refractivity contribution in [1.82, 2.24) is 25.4 Å². The van der Waals surface area contributed by atoms with E-state index in [1.54, 1.807) is 17.0 Å². The second-order valence-corrected chi connectivity index (χ2v) is 8.70. The monoisotopic (exact) mass is 407 g/mol. The van der Waals surface area contributed by atoms with Crippen LogP contribution < -0.4 is 5.32 Å². The minimum Gasteiger partial charge on any atom is -0.384 e. The summed E-state index contributed by atoms with van der Waals surface area (Å²) in [5.41, 5.74) is 1.44. The molecule has 152 valence electrons. The van der Waals surface area contributed by atoms with E-state index in [1.165, 1.54) is 16.2 Å². The standard InChI is InChI=1S/C18H25N5O4S/c1-17(2,3)14-6-12(21-22-14)16(25)23-4-5-27-10-18(26,9-23)8-19-15(24)13-7-28-11-20-13/h6-7,11,26H,4-5,8-10H2,1-3H3,(H,19,24)(H,21,22). The minimum atomic E-state index is -1.40. The van der Waals surface area contributed by atoms with Gasteiger partial charge in [-0.25, -0.2) is 4.98 Å². The Bertz CT molecular complexity index is 829. The molecule has 9 nitrogen and oxygen atoms in total. The molecule has 1 saturated heterocycles. The zero-order valence-corrected chi connectivity index (χ0v) is 17.0. The Balaban J connectivity index is 1.67. The third-order valence-electron chi connectivity index (χ3n) is 4.50. The van der Waals surface area contributed by atoms with Crippen molar-refractivity contribution in [3.63, 3.8) is 0 Å². The second-order valence-electron chi connectivity index (χ2n) is 7.98. The number of aliphatic hydroxyl groups is 1. The lowest BCUT2D eigenvalue weighted by Gasteiger charge is -2.30. The molecule has 0 bridgehead atoms. The zero-order valence-electron chi connectivity index (χ0n) is 16.2. The van der Waals surface area contributed by atoms with Gasteiger partial charge in [0.05, 0.1) is 31.8 Å². The topological polar surface area (TPSA) is 120 Å². The molecule has 1 aliphatic heterocycles. The van der Waals surface area contributed by atoms with Gasteiger partial charge in [0.1, 0.15) is 17.0 Å². The van der Waals surface area contributed by atoms with Gasteiger partial charge in [-0.05, 0) is 6.07 Å². The summed E-state index contributed by atoms with van der Waals surface area (Å²) in [4.78, 5) is 30.4. The minimum absolute atomic E-state index is 0.0158. The number of aromatic nitrogens is 3. The predicted molar refractivity (Wildman–Crippen MR) is 103 cm³/mol. The van der Waals surface area contributed by atoms with E-state index in [9.17, 15) is 14.7 Å². The smallest absolute Gasteiger partial charge is 0.274 e. The van der Waals surface area contributed by atoms with E-state index in [4.69, 9.17) is 4.74 Å². The Kier molecular flexibility index (Phi) is 5.82. The molecule has 28 heavy (non-hydrogen) atoms. The number of thiazole rings is 1. The number of β-amino-alcohol motifs (C(OH)–C–C–N with tert-alkyl or cyclic N) is 1. The molecule has 0 spiro atoms. The average molecular weight is 407 g/mol. The van der Waals surface area contributed by atoms with E-state index in [0.717, 1.165) is 5.69 Å². The van der Waals surface area contributed by atoms with E-state index in [1.807, 2.05) is 20.8 Å². The molecule has 3 rings (SSSR count). The van der Waals surface area contributed by atoms with Crippen molar-refractivity contribution < 1.29 is 19.4 Å². The summed E-state index contributed by atoms with van der Waals surface area (Å²) in [7, 11) is 0. The zero-order chi connectivity index (χ0) is 20.4. The largest absolute Gasteiger partial charge is 0.384 e. The molecule has 1 aliphatic rings. The van der Waals surface area contributed by atoms with E-state index in [-0.39, 0.29) is 36.9 Å². The average Bonchev–Trinajstić information content (AvgIpc) is 3.30. The van der Waals surface area contributed by atoms with Gasteiger partial charge in [-0.1, -0.05) is 20.8 Å². The number of rotatable bonds is 4. The van der Waals surface area contributed by atoms with Crippen LogP contribution in [0.25, 0.3) is 0 Å². The highest BCUT2D eigenvalue weighted by Crippen LogP contribution is 2.21. The quantitative estimate of drug-likeness (QED) is 0.689. The van der Waals surface area contributed by atoms with Gasteiger partial charge >= 0.3 is 0 Å². The van der Waals surface area contributed by atoms with Crippen molar-refractivity contribution in [2.75, 3.05) is 32.8 Å². The van der Waals surface area contributed by atoms with Gasteiger partial charge in [-0.15, -0.1) is 11.3 Å². The number of hydrogen-bond acceptors (Lipinski definition) is 7. The Hall–Kier alpha value is -2.30. The number of ether oxygens (including phenoxy) is 1. The molecule has 0 radical (unpaired) electrons. The first-order valence-electron chi connectivity index (χ1n) is 9.00. The number of hydrogen-bond donors (Lipinski definition) is 3. The van der Waals surface area contributed by atoms with Crippen molar-refractivity contribution in [2.45, 2.75) is 31.8 Å². The third-order valence-corrected chi connectivity index (χ3v) is 5.08. The molecule has 1 unspecified atom stereocenters. The van der Waals surface area contributed by atoms with Crippen LogP contribution in [-0.4, -0.2) is 75.5 Å². The number of aromatic amines is 1. The van der Waals surface area contributed by atoms with Crippen molar-refractivity contribution in [1.29, 1.82) is 0 Å². The lowest BCUT2D eigenvalue weighted by atomic mass is 9.92. The lowest BCUT2D eigenvalue weighted by molar-refractivity contribution is -0.0324. The van der Waals surface area contributed by atoms with Crippen molar-refractivity contribution >= 4 is 23.2 Å². The predicted octanol–water partition coefficient (Wildman–Crippen LogP) is 0.797. The Morgan fingerprint density at radius 1 is 1.43 bits per heavy atom. The number of amides is 2. The molecule has 3 heterocycles. The first kappa shape index (κ1) is 20.4. The molecule has 0 saturated carbocycles. The van der Waals surface area contributed by atoms with Crippen LogP contribution in [0.2, 0.25) is 0 Å². The molecular weight excluding hydrogens is 382 g/mol. The van der Waals surface area contributed by atoms with Gasteiger partial charge < -0.3 is 20.1 Å². The third kappa shape index (κ3) is 4.75. The number of nitrogens with zero attached hydrogens (tertiary/aromatic N) is 3. The van der Waals surface area contributed by atoms with E-state index >= 15 is 0 Å². The fourth-order valence-electron chi connectivity index (χ4n) is 2.83. The summed E-state index contributed by atoms with van der Waals surface area (Å²) in [6.45, 7) is 6.70. The van der Waals surface area contributed by atoms with Crippen LogP contribution >= 0.6 is 11.3 Å². The SMILES string of the molecule is CC(C)(C)c1cc(C(=O)N2CCOCC(O)(CNC(=O)c3cscn3)C2)n[nH]1. The van der Waals surface area contributed by atoms with Crippen LogP contribution in [-0.2, 0) is 10.2 Å². The van der Waals surface area contributed by atoms with Gasteiger partial charge in [-0.3, -0.25) is 14.7 Å². The normalized spacial score (nSPS) is 20.6. The summed E-state index contributed by atoms with van der Waals surface area (Å²) in [5.74, 6) is -0.666. The van der Waals surface area contributed by atoms with Gasteiger partial charge in [0.15, 0.2) is 0 Å². The fourth-order valence-corrected chi connectivity index (χ4v) is 3.37. The number of H-pyrrole nitrogens is 1. The highest BCUT2D eigenvalue weighted by Gasteiger charge is 2.36. The first-order chi connectivity index (χ1) is 13.2. The molecule has 2 amide bonds. The van der Waals surface area contributed by atoms with E-state index < -0.39 is 5.60 Å². The number of nitrogens with one attached hydrogen (secondary N) is 2. The molecule has 2 aromatic rings. The number of carbonyl (C=O) groups is 2. The van der Waals surface area contributed by atoms with Crippen LogP contribution in [0.15, 0.2) is 17.0 Å². The van der Waals surface area contributed by atoms with Crippen LogP contribution in [0.4, 0.5) is 0 Å². The number of carbonyl (C=O) groups excluding carboxylic acids is 2. The Morgan fingerprint density at radius 2 is 2.21 bits per heavy atom. The highest BCUT2D eigenvalue weighted by molar-refractivity contribution is 7.07. The van der Waals surface area contributed by atoms with Crippen molar-refractivity contribution in [2.24, 2.45) is 0 Å². The van der Waals surface area contributed by atoms with E-state index in [0.29, 0.717) is 24.5 Å². The van der Waals surface area contributed by atoms with Gasteiger partial charge in [-0.2, -0.15) is 5.10 Å². The maximum atomic E-state index is 12.9. The summed E-state index contributed by atoms with van der Waals surface area (Å²) in [5, 5.41) is 22.2. The molecule has 10 heteroatoms. The van der Waals surface area contributed by atoms with Gasteiger partial charge in [0, 0.05) is 23.0 Å². The molecule has 1 atom stereocenters. The molecule has 2 aromatic heterocycles.